The van der Waals surface area contributed by atoms with E-state index in [9.17, 15) is 18.0 Å². The Bertz CT molecular complexity index is 836. The van der Waals surface area contributed by atoms with Gasteiger partial charge in [-0.2, -0.15) is 0 Å². The number of anilines is 1. The van der Waals surface area contributed by atoms with Gasteiger partial charge in [-0.05, 0) is 31.0 Å². The standard InChI is InChI=1S/C20H22F3N3O2.2ClH/c1-19(24,14-6-3-2-4-7-14)18(27)25-15-10-11-26(13-15)16-8-5-9-17(12-16)28-20(21,22)23;;/h2-9,12,15H,10-11,13,24H2,1H3,(H,25,27);2*1H. The molecular weight excluding hydrogens is 442 g/mol. The van der Waals surface area contributed by atoms with E-state index in [-0.39, 0.29) is 42.5 Å². The van der Waals surface area contributed by atoms with Crippen LogP contribution in [0.4, 0.5) is 18.9 Å². The highest BCUT2D eigenvalue weighted by molar-refractivity contribution is 5.87. The Morgan fingerprint density at radius 2 is 1.80 bits per heavy atom. The van der Waals surface area contributed by atoms with E-state index in [0.29, 0.717) is 30.8 Å². The van der Waals surface area contributed by atoms with Gasteiger partial charge in [0.1, 0.15) is 11.3 Å². The average Bonchev–Trinajstić information content (AvgIpc) is 3.10. The van der Waals surface area contributed by atoms with Gasteiger partial charge in [0.05, 0.1) is 0 Å². The second-order valence-electron chi connectivity index (χ2n) is 7.02. The first-order valence-corrected chi connectivity index (χ1v) is 8.91. The van der Waals surface area contributed by atoms with Gasteiger partial charge in [0.2, 0.25) is 5.91 Å². The predicted molar refractivity (Wildman–Crippen MR) is 114 cm³/mol. The van der Waals surface area contributed by atoms with Crippen molar-refractivity contribution in [3.8, 4) is 5.75 Å². The number of ether oxygens (including phenoxy) is 1. The van der Waals surface area contributed by atoms with Crippen molar-refractivity contribution in [2.75, 3.05) is 18.0 Å². The summed E-state index contributed by atoms with van der Waals surface area (Å²) in [5, 5.41) is 2.95. The molecule has 2 unspecified atom stereocenters. The van der Waals surface area contributed by atoms with Gasteiger partial charge in [-0.3, -0.25) is 4.79 Å². The molecule has 1 heterocycles. The van der Waals surface area contributed by atoms with E-state index >= 15 is 0 Å². The summed E-state index contributed by atoms with van der Waals surface area (Å²) in [5.74, 6) is -0.559. The van der Waals surface area contributed by atoms with Gasteiger partial charge in [0.15, 0.2) is 0 Å². The third kappa shape index (κ3) is 6.42. The molecule has 1 amide bonds. The van der Waals surface area contributed by atoms with E-state index in [1.54, 1.807) is 25.1 Å². The second kappa shape index (κ2) is 10.2. The normalized spacial score (nSPS) is 17.9. The molecule has 1 fully saturated rings. The van der Waals surface area contributed by atoms with Crippen LogP contribution in [0.3, 0.4) is 0 Å². The van der Waals surface area contributed by atoms with E-state index in [2.05, 4.69) is 10.1 Å². The minimum Gasteiger partial charge on any atom is -0.406 e. The van der Waals surface area contributed by atoms with Crippen LogP contribution >= 0.6 is 24.8 Å². The lowest BCUT2D eigenvalue weighted by atomic mass is 9.92. The average molecular weight is 466 g/mol. The number of rotatable bonds is 5. The number of halogens is 5. The van der Waals surface area contributed by atoms with E-state index in [1.165, 1.54) is 18.2 Å². The van der Waals surface area contributed by atoms with Gasteiger partial charge < -0.3 is 20.7 Å². The van der Waals surface area contributed by atoms with Crippen molar-refractivity contribution in [2.45, 2.75) is 31.3 Å². The molecule has 3 rings (SSSR count). The smallest absolute Gasteiger partial charge is 0.406 e. The molecule has 5 nitrogen and oxygen atoms in total. The number of nitrogens with one attached hydrogen (secondary N) is 1. The molecule has 30 heavy (non-hydrogen) atoms. The van der Waals surface area contributed by atoms with Crippen LogP contribution in [0.25, 0.3) is 0 Å². The SMILES string of the molecule is CC(N)(C(=O)NC1CCN(c2cccc(OC(F)(F)F)c2)C1)c1ccccc1.Cl.Cl. The van der Waals surface area contributed by atoms with Crippen molar-refractivity contribution in [3.05, 3.63) is 60.2 Å². The number of carbonyl (C=O) groups is 1. The van der Waals surface area contributed by atoms with Crippen molar-refractivity contribution in [1.29, 1.82) is 0 Å². The van der Waals surface area contributed by atoms with E-state index < -0.39 is 11.9 Å². The summed E-state index contributed by atoms with van der Waals surface area (Å²) in [6, 6.07) is 14.8. The molecule has 0 saturated carbocycles. The summed E-state index contributed by atoms with van der Waals surface area (Å²) in [4.78, 5) is 14.6. The summed E-state index contributed by atoms with van der Waals surface area (Å²) < 4.78 is 41.2. The highest BCUT2D eigenvalue weighted by Gasteiger charge is 2.34. The van der Waals surface area contributed by atoms with Gasteiger partial charge in [-0.15, -0.1) is 38.0 Å². The summed E-state index contributed by atoms with van der Waals surface area (Å²) in [7, 11) is 0. The topological polar surface area (TPSA) is 67.6 Å². The Balaban J connectivity index is 0.00000225. The van der Waals surface area contributed by atoms with Crippen LogP contribution in [0.15, 0.2) is 54.6 Å². The summed E-state index contributed by atoms with van der Waals surface area (Å²) in [5.41, 5.74) is 6.38. The quantitative estimate of drug-likeness (QED) is 0.700. The van der Waals surface area contributed by atoms with E-state index in [0.717, 1.165) is 0 Å². The Morgan fingerprint density at radius 1 is 1.13 bits per heavy atom. The lowest BCUT2D eigenvalue weighted by Gasteiger charge is -2.26. The van der Waals surface area contributed by atoms with Gasteiger partial charge in [0, 0.05) is 30.9 Å². The molecule has 0 bridgehead atoms. The molecule has 2 aromatic carbocycles. The highest BCUT2D eigenvalue weighted by Crippen LogP contribution is 2.29. The predicted octanol–water partition coefficient (Wildman–Crippen LogP) is 4.00. The maximum absolute atomic E-state index is 12.7. The van der Waals surface area contributed by atoms with Crippen LogP contribution < -0.4 is 20.7 Å². The molecule has 0 radical (unpaired) electrons. The fraction of sp³-hybridized carbons (Fsp3) is 0.350. The summed E-state index contributed by atoms with van der Waals surface area (Å²) >= 11 is 0. The number of carbonyl (C=O) groups excluding carboxylic acids is 1. The summed E-state index contributed by atoms with van der Waals surface area (Å²) in [6.07, 6.45) is -4.07. The molecule has 1 aliphatic rings. The number of benzene rings is 2. The minimum atomic E-state index is -4.73. The molecule has 1 aliphatic heterocycles. The fourth-order valence-electron chi connectivity index (χ4n) is 3.24. The molecule has 2 atom stereocenters. The van der Waals surface area contributed by atoms with Gasteiger partial charge in [-0.1, -0.05) is 36.4 Å². The number of nitrogens with zero attached hydrogens (tertiary/aromatic N) is 1. The lowest BCUT2D eigenvalue weighted by Crippen LogP contribution is -2.52. The van der Waals surface area contributed by atoms with Crippen LogP contribution in [-0.2, 0) is 10.3 Å². The number of alkyl halides is 3. The van der Waals surface area contributed by atoms with Crippen LogP contribution in [0.2, 0.25) is 0 Å². The van der Waals surface area contributed by atoms with Gasteiger partial charge >= 0.3 is 6.36 Å². The highest BCUT2D eigenvalue weighted by atomic mass is 35.5. The van der Waals surface area contributed by atoms with Crippen LogP contribution in [-0.4, -0.2) is 31.4 Å². The van der Waals surface area contributed by atoms with Crippen LogP contribution in [0.5, 0.6) is 5.75 Å². The Labute approximate surface area is 185 Å². The second-order valence-corrected chi connectivity index (χ2v) is 7.02. The van der Waals surface area contributed by atoms with Crippen LogP contribution in [0.1, 0.15) is 18.9 Å². The minimum absolute atomic E-state index is 0. The maximum atomic E-state index is 12.7. The molecule has 10 heteroatoms. The third-order valence-corrected chi connectivity index (χ3v) is 4.78. The fourth-order valence-corrected chi connectivity index (χ4v) is 3.24. The van der Waals surface area contributed by atoms with Crippen molar-refractivity contribution < 1.29 is 22.7 Å². The molecule has 2 aromatic rings. The van der Waals surface area contributed by atoms with Crippen molar-refractivity contribution >= 4 is 36.4 Å². The van der Waals surface area contributed by atoms with Gasteiger partial charge in [-0.25, -0.2) is 0 Å². The van der Waals surface area contributed by atoms with E-state index in [1.807, 2.05) is 23.1 Å². The molecule has 0 aromatic heterocycles. The first-order chi connectivity index (χ1) is 13.1. The molecular formula is C20H24Cl2F3N3O2. The third-order valence-electron chi connectivity index (χ3n) is 4.78. The van der Waals surface area contributed by atoms with Gasteiger partial charge in [0.25, 0.3) is 0 Å². The molecule has 1 saturated heterocycles. The zero-order valence-electron chi connectivity index (χ0n) is 16.2. The first kappa shape index (κ1) is 25.9. The first-order valence-electron chi connectivity index (χ1n) is 8.91. The Kier molecular flexibility index (Phi) is 8.83. The zero-order valence-corrected chi connectivity index (χ0v) is 17.8. The lowest BCUT2D eigenvalue weighted by molar-refractivity contribution is -0.274. The van der Waals surface area contributed by atoms with E-state index in [4.69, 9.17) is 5.73 Å². The number of hydrogen-bond acceptors (Lipinski definition) is 4. The maximum Gasteiger partial charge on any atom is 0.573 e. The van der Waals surface area contributed by atoms with Crippen molar-refractivity contribution in [1.82, 2.24) is 5.32 Å². The Morgan fingerprint density at radius 3 is 2.43 bits per heavy atom. The molecule has 0 aliphatic carbocycles. The number of hydrogen-bond donors (Lipinski definition) is 2. The monoisotopic (exact) mass is 465 g/mol. The number of amides is 1. The van der Waals surface area contributed by atoms with Crippen molar-refractivity contribution in [3.63, 3.8) is 0 Å². The van der Waals surface area contributed by atoms with Crippen molar-refractivity contribution in [2.24, 2.45) is 5.73 Å². The zero-order chi connectivity index (χ0) is 20.4. The number of nitrogens with two attached hydrogens (primary N) is 1. The molecule has 3 N–H and O–H groups in total. The Hall–Kier alpha value is -2.16. The molecule has 0 spiro atoms. The summed E-state index contributed by atoms with van der Waals surface area (Å²) in [6.45, 7) is 2.74. The molecule has 166 valence electrons. The largest absolute Gasteiger partial charge is 0.573 e. The van der Waals surface area contributed by atoms with Crippen LogP contribution in [0, 0.1) is 0 Å².